The third-order valence-electron chi connectivity index (χ3n) is 6.19. The van der Waals surface area contributed by atoms with Crippen LogP contribution in [-0.2, 0) is 0 Å². The second kappa shape index (κ2) is 11.8. The van der Waals surface area contributed by atoms with Crippen molar-refractivity contribution in [3.8, 4) is 5.75 Å². The minimum atomic E-state index is -0.259. The minimum Gasteiger partial charge on any atom is -0.495 e. The van der Waals surface area contributed by atoms with Gasteiger partial charge in [-0.1, -0.05) is 30.7 Å². The van der Waals surface area contributed by atoms with E-state index in [1.165, 1.54) is 0 Å². The molecule has 7 nitrogen and oxygen atoms in total. The van der Waals surface area contributed by atoms with Crippen molar-refractivity contribution in [2.75, 3.05) is 55.0 Å². The fraction of sp³-hybridized carbons (Fsp3) is 0.286. The fourth-order valence-electron chi connectivity index (χ4n) is 4.29. The average molecular weight is 507 g/mol. The number of carbonyl (C=O) groups excluding carboxylic acids is 2. The van der Waals surface area contributed by atoms with Gasteiger partial charge in [-0.05, 0) is 61.0 Å². The van der Waals surface area contributed by atoms with Crippen LogP contribution in [0.25, 0.3) is 0 Å². The zero-order chi connectivity index (χ0) is 25.5. The summed E-state index contributed by atoms with van der Waals surface area (Å²) in [5, 5.41) is 6.44. The predicted octanol–water partition coefficient (Wildman–Crippen LogP) is 5.07. The van der Waals surface area contributed by atoms with E-state index in [2.05, 4.69) is 26.5 Å². The summed E-state index contributed by atoms with van der Waals surface area (Å²) in [6.45, 7) is 5.70. The summed E-state index contributed by atoms with van der Waals surface area (Å²) in [5.41, 5.74) is 3.53. The molecule has 8 heteroatoms. The summed E-state index contributed by atoms with van der Waals surface area (Å²) in [6, 6.07) is 20.2. The number of benzene rings is 3. The molecule has 1 saturated heterocycles. The number of carbonyl (C=O) groups is 2. The first kappa shape index (κ1) is 25.4. The number of ether oxygens (including phenoxy) is 1. The Morgan fingerprint density at radius 2 is 1.56 bits per heavy atom. The molecule has 4 rings (SSSR count). The smallest absolute Gasteiger partial charge is 0.255 e. The molecule has 2 amide bonds. The number of nitrogens with one attached hydrogen (secondary N) is 2. The van der Waals surface area contributed by atoms with Crippen LogP contribution in [0.15, 0.2) is 66.7 Å². The van der Waals surface area contributed by atoms with Crippen LogP contribution in [-0.4, -0.2) is 51.6 Å². The Labute approximate surface area is 217 Å². The van der Waals surface area contributed by atoms with Crippen molar-refractivity contribution in [1.29, 1.82) is 0 Å². The van der Waals surface area contributed by atoms with Crippen LogP contribution in [0.3, 0.4) is 0 Å². The lowest BCUT2D eigenvalue weighted by Crippen LogP contribution is -2.47. The van der Waals surface area contributed by atoms with Crippen LogP contribution in [0.1, 0.15) is 34.1 Å². The number of amides is 2. The molecule has 2 N–H and O–H groups in total. The van der Waals surface area contributed by atoms with Crippen molar-refractivity contribution in [2.24, 2.45) is 0 Å². The lowest BCUT2D eigenvalue weighted by atomic mass is 10.1. The van der Waals surface area contributed by atoms with Crippen LogP contribution in [0.4, 0.5) is 17.1 Å². The molecule has 0 aromatic heterocycles. The molecule has 0 radical (unpaired) electrons. The molecule has 0 unspecified atom stereocenters. The first-order valence-corrected chi connectivity index (χ1v) is 12.5. The molecule has 3 aromatic rings. The Hall–Kier alpha value is -3.71. The third-order valence-corrected chi connectivity index (χ3v) is 6.44. The number of para-hydroxylation sites is 2. The molecule has 0 atom stereocenters. The summed E-state index contributed by atoms with van der Waals surface area (Å²) in [4.78, 5) is 30.3. The predicted molar refractivity (Wildman–Crippen MR) is 146 cm³/mol. The van der Waals surface area contributed by atoms with Crippen LogP contribution < -0.4 is 25.2 Å². The number of nitrogens with zero attached hydrogens (tertiary/aromatic N) is 2. The first-order valence-electron chi connectivity index (χ1n) is 12.1. The Balaban J connectivity index is 1.53. The van der Waals surface area contributed by atoms with E-state index in [0.717, 1.165) is 49.7 Å². The van der Waals surface area contributed by atoms with Crippen molar-refractivity contribution < 1.29 is 14.3 Å². The van der Waals surface area contributed by atoms with Crippen molar-refractivity contribution >= 4 is 40.5 Å². The van der Waals surface area contributed by atoms with Gasteiger partial charge in [-0.2, -0.15) is 0 Å². The molecule has 188 valence electrons. The summed E-state index contributed by atoms with van der Waals surface area (Å²) < 4.78 is 5.53. The Morgan fingerprint density at radius 1 is 0.889 bits per heavy atom. The highest BCUT2D eigenvalue weighted by atomic mass is 35.5. The SMILES string of the molecule is CCCNC(=O)c1cc(NC(=O)c2ccc(Cl)cc2)ccc1N1CCN(c2ccccc2OC)CC1. The molecule has 1 aliphatic rings. The number of anilines is 3. The van der Waals surface area contributed by atoms with Crippen LogP contribution in [0.5, 0.6) is 5.75 Å². The quantitative estimate of drug-likeness (QED) is 0.446. The number of halogens is 1. The molecule has 3 aromatic carbocycles. The number of piperazine rings is 1. The van der Waals surface area contributed by atoms with Crippen LogP contribution in [0.2, 0.25) is 5.02 Å². The topological polar surface area (TPSA) is 73.9 Å². The molecule has 0 saturated carbocycles. The molecule has 0 bridgehead atoms. The fourth-order valence-corrected chi connectivity index (χ4v) is 4.41. The molecule has 1 heterocycles. The second-order valence-corrected chi connectivity index (χ2v) is 9.03. The van der Waals surface area contributed by atoms with Gasteiger partial charge in [0.15, 0.2) is 0 Å². The normalized spacial score (nSPS) is 13.3. The molecular formula is C28H31ClN4O3. The summed E-state index contributed by atoms with van der Waals surface area (Å²) in [5.74, 6) is 0.442. The summed E-state index contributed by atoms with van der Waals surface area (Å²) in [6.07, 6.45) is 0.839. The largest absolute Gasteiger partial charge is 0.495 e. The van der Waals surface area contributed by atoms with E-state index in [9.17, 15) is 9.59 Å². The Bertz CT molecular complexity index is 1210. The van der Waals surface area contributed by atoms with E-state index in [0.29, 0.717) is 28.4 Å². The average Bonchev–Trinajstić information content (AvgIpc) is 2.92. The number of hydrogen-bond donors (Lipinski definition) is 2. The van der Waals surface area contributed by atoms with Gasteiger partial charge in [0.25, 0.3) is 11.8 Å². The van der Waals surface area contributed by atoms with Crippen molar-refractivity contribution in [1.82, 2.24) is 5.32 Å². The lowest BCUT2D eigenvalue weighted by molar-refractivity contribution is 0.0952. The van der Waals surface area contributed by atoms with E-state index in [4.69, 9.17) is 16.3 Å². The van der Waals surface area contributed by atoms with Crippen LogP contribution >= 0.6 is 11.6 Å². The number of methoxy groups -OCH3 is 1. The van der Waals surface area contributed by atoms with Gasteiger partial charge in [0.05, 0.1) is 18.4 Å². The van der Waals surface area contributed by atoms with Gasteiger partial charge in [-0.3, -0.25) is 9.59 Å². The maximum atomic E-state index is 13.1. The highest BCUT2D eigenvalue weighted by Gasteiger charge is 2.24. The van der Waals surface area contributed by atoms with E-state index >= 15 is 0 Å². The molecule has 36 heavy (non-hydrogen) atoms. The second-order valence-electron chi connectivity index (χ2n) is 8.59. The molecule has 0 aliphatic carbocycles. The van der Waals surface area contributed by atoms with Crippen LogP contribution in [0, 0.1) is 0 Å². The molecule has 0 spiro atoms. The maximum Gasteiger partial charge on any atom is 0.255 e. The first-order chi connectivity index (χ1) is 17.5. The third kappa shape index (κ3) is 5.91. The van der Waals surface area contributed by atoms with Gasteiger partial charge in [0, 0.05) is 54.7 Å². The lowest BCUT2D eigenvalue weighted by Gasteiger charge is -2.38. The molecular weight excluding hydrogens is 476 g/mol. The number of rotatable bonds is 8. The molecule has 1 aliphatic heterocycles. The van der Waals surface area contributed by atoms with Gasteiger partial charge in [-0.15, -0.1) is 0 Å². The van der Waals surface area contributed by atoms with Crippen molar-refractivity contribution in [3.63, 3.8) is 0 Å². The van der Waals surface area contributed by atoms with E-state index in [-0.39, 0.29) is 11.8 Å². The minimum absolute atomic E-state index is 0.151. The zero-order valence-electron chi connectivity index (χ0n) is 20.6. The van der Waals surface area contributed by atoms with Gasteiger partial charge in [0.1, 0.15) is 5.75 Å². The zero-order valence-corrected chi connectivity index (χ0v) is 21.3. The summed E-state index contributed by atoms with van der Waals surface area (Å²) >= 11 is 5.93. The maximum absolute atomic E-state index is 13.1. The van der Waals surface area contributed by atoms with Crippen molar-refractivity contribution in [3.05, 3.63) is 82.9 Å². The monoisotopic (exact) mass is 506 g/mol. The number of hydrogen-bond acceptors (Lipinski definition) is 5. The van der Waals surface area contributed by atoms with E-state index in [1.807, 2.05) is 37.3 Å². The van der Waals surface area contributed by atoms with E-state index in [1.54, 1.807) is 37.4 Å². The highest BCUT2D eigenvalue weighted by molar-refractivity contribution is 6.30. The van der Waals surface area contributed by atoms with Gasteiger partial charge in [-0.25, -0.2) is 0 Å². The van der Waals surface area contributed by atoms with Crippen molar-refractivity contribution in [2.45, 2.75) is 13.3 Å². The highest BCUT2D eigenvalue weighted by Crippen LogP contribution is 2.31. The molecule has 1 fully saturated rings. The Kier molecular flexibility index (Phi) is 8.33. The summed E-state index contributed by atoms with van der Waals surface area (Å²) in [7, 11) is 1.68. The van der Waals surface area contributed by atoms with Gasteiger partial charge >= 0.3 is 0 Å². The van der Waals surface area contributed by atoms with Gasteiger partial charge < -0.3 is 25.2 Å². The van der Waals surface area contributed by atoms with Gasteiger partial charge in [0.2, 0.25) is 0 Å². The Morgan fingerprint density at radius 3 is 2.22 bits per heavy atom. The standard InChI is InChI=1S/C28H31ClN4O3/c1-3-14-30-28(35)23-19-22(31-27(34)20-8-10-21(29)11-9-20)12-13-24(23)32-15-17-33(18-16-32)25-6-4-5-7-26(25)36-2/h4-13,19H,3,14-18H2,1-2H3,(H,30,35)(H,31,34). The van der Waals surface area contributed by atoms with E-state index < -0.39 is 0 Å².